The number of carbonyl (C=O) groups is 3. The second-order valence-corrected chi connectivity index (χ2v) is 10.3. The van der Waals surface area contributed by atoms with E-state index in [0.29, 0.717) is 49.6 Å². The van der Waals surface area contributed by atoms with Gasteiger partial charge in [-0.2, -0.15) is 0 Å². The van der Waals surface area contributed by atoms with Crippen LogP contribution in [-0.2, 0) is 11.3 Å². The topological polar surface area (TPSA) is 76.7 Å². The lowest BCUT2D eigenvalue weighted by Crippen LogP contribution is -2.53. The van der Waals surface area contributed by atoms with Gasteiger partial charge in [0.05, 0.1) is 11.4 Å². The number of rotatable bonds is 8. The van der Waals surface area contributed by atoms with Crippen LogP contribution in [0.25, 0.3) is 10.9 Å². The van der Waals surface area contributed by atoms with Crippen molar-refractivity contribution in [2.24, 2.45) is 0 Å². The van der Waals surface area contributed by atoms with Crippen LogP contribution in [0.1, 0.15) is 45.8 Å². The number of hydrogen-bond donors (Lipinski definition) is 1. The van der Waals surface area contributed by atoms with Gasteiger partial charge in [-0.15, -0.1) is 11.8 Å². The molecule has 0 saturated carbocycles. The predicted octanol–water partition coefficient (Wildman–Crippen LogP) is 4.31. The third-order valence-corrected chi connectivity index (χ3v) is 7.47. The molecule has 1 aliphatic rings. The molecule has 196 valence electrons. The molecule has 2 amide bonds. The summed E-state index contributed by atoms with van der Waals surface area (Å²) in [5.41, 5.74) is 3.33. The second kappa shape index (κ2) is 11.5. The number of Topliss-reactive ketones (excluding diaryl/α,β-unsaturated/α-hetero) is 1. The summed E-state index contributed by atoms with van der Waals surface area (Å²) >= 11 is 1.48. The fraction of sp³-hybridized carbons (Fsp3) is 0.393. The minimum absolute atomic E-state index is 0.0258. The maximum Gasteiger partial charge on any atom is 0.295 e. The Kier molecular flexibility index (Phi) is 8.34. The van der Waals surface area contributed by atoms with E-state index < -0.39 is 11.7 Å². The van der Waals surface area contributed by atoms with Crippen LogP contribution in [0.4, 0.5) is 4.39 Å². The first-order chi connectivity index (χ1) is 17.7. The lowest BCUT2D eigenvalue weighted by atomic mass is 10.0. The predicted molar refractivity (Wildman–Crippen MR) is 145 cm³/mol. The summed E-state index contributed by atoms with van der Waals surface area (Å²) in [7, 11) is 0. The highest BCUT2D eigenvalue weighted by Crippen LogP contribution is 2.27. The number of ketones is 1. The number of aromatic amines is 1. The van der Waals surface area contributed by atoms with E-state index in [-0.39, 0.29) is 23.3 Å². The molecule has 1 aromatic heterocycles. The van der Waals surface area contributed by atoms with Crippen molar-refractivity contribution in [3.8, 4) is 0 Å². The molecule has 3 aromatic rings. The largest absolute Gasteiger partial charge is 0.358 e. The molecule has 0 spiro atoms. The van der Waals surface area contributed by atoms with Gasteiger partial charge >= 0.3 is 0 Å². The monoisotopic (exact) mass is 524 g/mol. The Labute approximate surface area is 221 Å². The van der Waals surface area contributed by atoms with E-state index in [1.54, 1.807) is 30.3 Å². The van der Waals surface area contributed by atoms with Gasteiger partial charge in [-0.1, -0.05) is 12.1 Å². The zero-order chi connectivity index (χ0) is 26.7. The number of fused-ring (bicyclic) bond motifs is 1. The molecule has 1 saturated heterocycles. The number of aromatic nitrogens is 1. The third-order valence-electron chi connectivity index (χ3n) is 6.90. The number of amides is 2. The summed E-state index contributed by atoms with van der Waals surface area (Å²) in [6.07, 6.45) is 1.89. The Morgan fingerprint density at radius 2 is 1.86 bits per heavy atom. The van der Waals surface area contributed by atoms with Gasteiger partial charge in [-0.05, 0) is 62.9 Å². The first-order valence-corrected chi connectivity index (χ1v) is 13.9. The average molecular weight is 525 g/mol. The molecule has 0 aliphatic carbocycles. The highest BCUT2D eigenvalue weighted by molar-refractivity contribution is 7.98. The zero-order valence-electron chi connectivity index (χ0n) is 21.7. The van der Waals surface area contributed by atoms with Gasteiger partial charge in [-0.25, -0.2) is 4.39 Å². The summed E-state index contributed by atoms with van der Waals surface area (Å²) in [6.45, 7) is 8.84. The van der Waals surface area contributed by atoms with E-state index in [9.17, 15) is 18.8 Å². The van der Waals surface area contributed by atoms with Gasteiger partial charge in [0.15, 0.2) is 0 Å². The van der Waals surface area contributed by atoms with Gasteiger partial charge in [0.25, 0.3) is 11.8 Å². The third kappa shape index (κ3) is 5.72. The van der Waals surface area contributed by atoms with E-state index in [4.69, 9.17) is 0 Å². The van der Waals surface area contributed by atoms with Crippen molar-refractivity contribution in [3.63, 3.8) is 0 Å². The quantitative estimate of drug-likeness (QED) is 0.270. The van der Waals surface area contributed by atoms with Crippen molar-refractivity contribution in [2.75, 3.05) is 38.3 Å². The number of H-pyrrole nitrogens is 1. The van der Waals surface area contributed by atoms with Crippen LogP contribution in [0.2, 0.25) is 0 Å². The first kappa shape index (κ1) is 26.9. The fourth-order valence-electron chi connectivity index (χ4n) is 4.93. The molecule has 4 rings (SSSR count). The van der Waals surface area contributed by atoms with Crippen molar-refractivity contribution in [1.82, 2.24) is 19.7 Å². The Hall–Kier alpha value is -3.17. The second-order valence-electron chi connectivity index (χ2n) is 9.50. The molecule has 1 fully saturated rings. The maximum atomic E-state index is 13.7. The Bertz CT molecular complexity index is 1310. The van der Waals surface area contributed by atoms with Gasteiger partial charge in [0.2, 0.25) is 5.78 Å². The first-order valence-electron chi connectivity index (χ1n) is 12.5. The van der Waals surface area contributed by atoms with Gasteiger partial charge < -0.3 is 14.8 Å². The molecule has 2 heterocycles. The number of nitrogens with one attached hydrogen (secondary N) is 1. The summed E-state index contributed by atoms with van der Waals surface area (Å²) in [5, 5.41) is 0.648. The van der Waals surface area contributed by atoms with Crippen LogP contribution in [0.5, 0.6) is 0 Å². The molecule has 0 bridgehead atoms. The normalized spacial score (nSPS) is 16.2. The van der Waals surface area contributed by atoms with Crippen molar-refractivity contribution < 1.29 is 18.8 Å². The number of thioether (sulfide) groups is 1. The number of aryl methyl sites for hydroxylation is 1. The number of hydrogen-bond acceptors (Lipinski definition) is 5. The van der Waals surface area contributed by atoms with Gasteiger partial charge in [-0.3, -0.25) is 19.3 Å². The molecule has 37 heavy (non-hydrogen) atoms. The molecule has 0 radical (unpaired) electrons. The lowest BCUT2D eigenvalue weighted by Gasteiger charge is -2.40. The molecule has 1 atom stereocenters. The van der Waals surface area contributed by atoms with Crippen molar-refractivity contribution in [3.05, 3.63) is 70.7 Å². The molecule has 2 aromatic carbocycles. The maximum absolute atomic E-state index is 13.7. The molecule has 9 heteroatoms. The summed E-state index contributed by atoms with van der Waals surface area (Å²) in [4.78, 5) is 48.4. The van der Waals surface area contributed by atoms with Gasteiger partial charge in [0.1, 0.15) is 5.82 Å². The van der Waals surface area contributed by atoms with Crippen LogP contribution in [0.3, 0.4) is 0 Å². The molecule has 1 aliphatic heterocycles. The highest BCUT2D eigenvalue weighted by Gasteiger charge is 2.31. The van der Waals surface area contributed by atoms with Crippen molar-refractivity contribution in [1.29, 1.82) is 0 Å². The Balaban J connectivity index is 1.53. The molecule has 0 unspecified atom stereocenters. The molecular weight excluding hydrogens is 491 g/mol. The molecule has 7 nitrogen and oxygen atoms in total. The number of carbonyl (C=O) groups excluding carboxylic acids is 3. The number of piperazine rings is 1. The highest BCUT2D eigenvalue weighted by atomic mass is 32.2. The number of halogens is 1. The Morgan fingerprint density at radius 3 is 2.51 bits per heavy atom. The van der Waals surface area contributed by atoms with E-state index in [2.05, 4.69) is 9.88 Å². The number of nitrogens with zero attached hydrogens (tertiary/aromatic N) is 3. The number of benzene rings is 2. The van der Waals surface area contributed by atoms with Crippen LogP contribution in [0, 0.1) is 12.7 Å². The summed E-state index contributed by atoms with van der Waals surface area (Å²) in [6, 6.07) is 11.5. The van der Waals surface area contributed by atoms with Crippen molar-refractivity contribution in [2.45, 2.75) is 33.4 Å². The smallest absolute Gasteiger partial charge is 0.295 e. The van der Waals surface area contributed by atoms with E-state index in [1.807, 2.05) is 31.9 Å². The minimum atomic E-state index is -0.571. The summed E-state index contributed by atoms with van der Waals surface area (Å²) < 4.78 is 13.2. The Morgan fingerprint density at radius 1 is 1.14 bits per heavy atom. The van der Waals surface area contributed by atoms with Crippen LogP contribution < -0.4 is 0 Å². The van der Waals surface area contributed by atoms with E-state index in [0.717, 1.165) is 16.8 Å². The van der Waals surface area contributed by atoms with Gasteiger partial charge in [0, 0.05) is 60.9 Å². The summed E-state index contributed by atoms with van der Waals surface area (Å²) in [5.74, 6) is -1.01. The van der Waals surface area contributed by atoms with Crippen LogP contribution in [-0.4, -0.2) is 81.6 Å². The SMILES string of the molecule is CCN(CSC)C(=O)C(=O)c1ccc2[nH]c(C)c(C(=O)N3CCN(Cc4ccc(F)cc4)C[C@H]3C)c2c1. The van der Waals surface area contributed by atoms with Crippen LogP contribution in [0.15, 0.2) is 42.5 Å². The van der Waals surface area contributed by atoms with Crippen LogP contribution >= 0.6 is 11.8 Å². The van der Waals surface area contributed by atoms with Crippen molar-refractivity contribution >= 4 is 40.3 Å². The lowest BCUT2D eigenvalue weighted by molar-refractivity contribution is -0.125. The standard InChI is InChI=1S/C28H33FN4O3S/c1-5-32(17-37-4)28(36)26(34)21-8-11-24-23(14-21)25(19(3)30-24)27(35)33-13-12-31(15-18(33)2)16-20-6-9-22(29)10-7-20/h6-11,14,18,30H,5,12-13,15-17H2,1-4H3/t18-/m1/s1. The van der Waals surface area contributed by atoms with E-state index >= 15 is 0 Å². The number of likely N-dealkylation sites (N-methyl/N-ethyl adjacent to an activating group) is 1. The van der Waals surface area contributed by atoms with E-state index in [1.165, 1.54) is 28.8 Å². The minimum Gasteiger partial charge on any atom is -0.358 e. The molecular formula is C28H33FN4O3S. The molecule has 1 N–H and O–H groups in total. The fourth-order valence-corrected chi connectivity index (χ4v) is 5.54. The zero-order valence-corrected chi connectivity index (χ0v) is 22.5. The average Bonchev–Trinajstić information content (AvgIpc) is 3.22.